The Morgan fingerprint density at radius 1 is 1.43 bits per heavy atom. The van der Waals surface area contributed by atoms with Crippen LogP contribution in [0.4, 0.5) is 0 Å². The number of hydrogen-bond acceptors (Lipinski definition) is 1. The van der Waals surface area contributed by atoms with E-state index in [1.54, 1.807) is 0 Å². The van der Waals surface area contributed by atoms with E-state index >= 15 is 0 Å². The molecule has 0 saturated carbocycles. The zero-order chi connectivity index (χ0) is 6.12. The van der Waals surface area contributed by atoms with E-state index in [-0.39, 0.29) is 6.61 Å². The van der Waals surface area contributed by atoms with Gasteiger partial charge in [-0.05, 0) is 0 Å². The molecule has 0 aromatic heterocycles. The van der Waals surface area contributed by atoms with Crippen LogP contribution < -0.4 is 5.11 Å². The molecule has 2 heteroatoms. The molecule has 0 saturated heterocycles. The Hall–Kier alpha value is 0.726. The molecule has 0 spiro atoms. The van der Waals surface area contributed by atoms with E-state index in [4.69, 9.17) is 0 Å². The average Bonchev–Trinajstić information content (AvgIpc) is 1.69. The van der Waals surface area contributed by atoms with Crippen LogP contribution in [0.5, 0.6) is 0 Å². The van der Waals surface area contributed by atoms with E-state index in [1.165, 1.54) is 4.55 Å². The SMILES string of the molecule is CCC[O-].C[CH2][Mg+]. The standard InChI is InChI=1S/C3H7O.C2H5.Mg/c1-2-3-4;1-2;/h2-3H2,1H3;1H2,2H3;/q-1;;+1. The first-order valence-electron chi connectivity index (χ1n) is 2.70. The minimum atomic E-state index is 0.0694. The van der Waals surface area contributed by atoms with Crippen molar-refractivity contribution in [2.45, 2.75) is 24.8 Å². The monoisotopic (exact) mass is 112 g/mol. The molecule has 0 aromatic carbocycles. The predicted molar refractivity (Wildman–Crippen MR) is 31.4 cm³/mol. The summed E-state index contributed by atoms with van der Waals surface area (Å²) in [6.45, 7) is 4.07. The summed E-state index contributed by atoms with van der Waals surface area (Å²) in [5, 5.41) is 9.30. The van der Waals surface area contributed by atoms with Crippen molar-refractivity contribution < 1.29 is 5.11 Å². The zero-order valence-corrected chi connectivity index (χ0v) is 6.65. The topological polar surface area (TPSA) is 23.1 Å². The fourth-order valence-corrected chi connectivity index (χ4v) is 0. The second-order valence-corrected chi connectivity index (χ2v) is 2.20. The van der Waals surface area contributed by atoms with Gasteiger partial charge < -0.3 is 5.11 Å². The van der Waals surface area contributed by atoms with Crippen LogP contribution >= 0.6 is 0 Å². The van der Waals surface area contributed by atoms with Crippen molar-refractivity contribution in [2.24, 2.45) is 0 Å². The fraction of sp³-hybridized carbons (Fsp3) is 1.00. The summed E-state index contributed by atoms with van der Waals surface area (Å²) in [7, 11) is 0. The Kier molecular flexibility index (Phi) is 24.2. The third kappa shape index (κ3) is 50.4. The van der Waals surface area contributed by atoms with Crippen LogP contribution in [0.2, 0.25) is 4.55 Å². The average molecular weight is 112 g/mol. The van der Waals surface area contributed by atoms with Gasteiger partial charge in [0.15, 0.2) is 0 Å². The van der Waals surface area contributed by atoms with Crippen molar-refractivity contribution in [3.05, 3.63) is 0 Å². The summed E-state index contributed by atoms with van der Waals surface area (Å²) >= 11 is 1.97. The van der Waals surface area contributed by atoms with E-state index in [0.717, 1.165) is 6.42 Å². The summed E-state index contributed by atoms with van der Waals surface area (Å²) in [6, 6.07) is 0. The van der Waals surface area contributed by atoms with E-state index in [1.807, 2.05) is 28.6 Å². The molecule has 0 radical (unpaired) electrons. The van der Waals surface area contributed by atoms with Gasteiger partial charge in [0.05, 0.1) is 0 Å². The van der Waals surface area contributed by atoms with Crippen molar-refractivity contribution >= 4 is 21.7 Å². The molecule has 0 heterocycles. The van der Waals surface area contributed by atoms with Crippen LogP contribution in [0.1, 0.15) is 20.3 Å². The van der Waals surface area contributed by atoms with Crippen LogP contribution in [-0.2, 0) is 0 Å². The Morgan fingerprint density at radius 2 is 1.57 bits per heavy atom. The first-order chi connectivity index (χ1) is 3.33. The van der Waals surface area contributed by atoms with Gasteiger partial charge in [0, 0.05) is 0 Å². The Morgan fingerprint density at radius 3 is 1.57 bits per heavy atom. The van der Waals surface area contributed by atoms with E-state index in [2.05, 4.69) is 6.92 Å². The van der Waals surface area contributed by atoms with Gasteiger partial charge in [-0.2, -0.15) is 0 Å². The molecule has 0 amide bonds. The summed E-state index contributed by atoms with van der Waals surface area (Å²) in [4.78, 5) is 0. The molecule has 0 aromatic rings. The molecule has 0 unspecified atom stereocenters. The first kappa shape index (κ1) is 10.7. The quantitative estimate of drug-likeness (QED) is 0.449. The van der Waals surface area contributed by atoms with Crippen LogP contribution in [0.3, 0.4) is 0 Å². The van der Waals surface area contributed by atoms with Crippen molar-refractivity contribution in [1.29, 1.82) is 0 Å². The maximum atomic E-state index is 9.30. The maximum absolute atomic E-state index is 9.30. The number of hydrogen-bond donors (Lipinski definition) is 0. The van der Waals surface area contributed by atoms with E-state index in [9.17, 15) is 5.11 Å². The molecule has 0 fully saturated rings. The fourth-order valence-electron chi connectivity index (χ4n) is 0. The molecule has 0 aliphatic rings. The molecule has 0 atom stereocenters. The summed E-state index contributed by atoms with van der Waals surface area (Å²) in [5.41, 5.74) is 0. The Bertz CT molecular complexity index is 15.6. The van der Waals surface area contributed by atoms with Crippen LogP contribution in [-0.4, -0.2) is 28.3 Å². The molecular weight excluding hydrogens is 100 g/mol. The van der Waals surface area contributed by atoms with Crippen molar-refractivity contribution in [3.8, 4) is 0 Å². The second-order valence-electron chi connectivity index (χ2n) is 1.20. The predicted octanol–water partition coefficient (Wildman–Crippen LogP) is 0.350. The van der Waals surface area contributed by atoms with Gasteiger partial charge in [0.2, 0.25) is 0 Å². The van der Waals surface area contributed by atoms with E-state index < -0.39 is 0 Å². The molecule has 0 aliphatic heterocycles. The third-order valence-electron chi connectivity index (χ3n) is 0.204. The Labute approximate surface area is 58.6 Å². The van der Waals surface area contributed by atoms with Gasteiger partial charge in [0.25, 0.3) is 0 Å². The normalized spacial score (nSPS) is 7.00. The molecule has 0 rings (SSSR count). The number of rotatable bonds is 1. The van der Waals surface area contributed by atoms with Gasteiger partial charge in [-0.25, -0.2) is 0 Å². The van der Waals surface area contributed by atoms with Crippen molar-refractivity contribution in [3.63, 3.8) is 0 Å². The molecule has 0 aliphatic carbocycles. The molecule has 0 bridgehead atoms. The van der Waals surface area contributed by atoms with Gasteiger partial charge in [-0.3, -0.25) is 0 Å². The molecule has 0 N–H and O–H groups in total. The van der Waals surface area contributed by atoms with Crippen molar-refractivity contribution in [2.75, 3.05) is 6.61 Å². The first-order valence-corrected chi connectivity index (χ1v) is 3.70. The Balaban J connectivity index is 0. The summed E-state index contributed by atoms with van der Waals surface area (Å²) in [5.74, 6) is 0. The molecule has 1 nitrogen and oxygen atoms in total. The van der Waals surface area contributed by atoms with Crippen LogP contribution in [0.15, 0.2) is 0 Å². The summed E-state index contributed by atoms with van der Waals surface area (Å²) in [6.07, 6.45) is 0.764. The van der Waals surface area contributed by atoms with E-state index in [0.29, 0.717) is 0 Å². The summed E-state index contributed by atoms with van der Waals surface area (Å²) < 4.78 is 1.28. The van der Waals surface area contributed by atoms with Crippen LogP contribution in [0, 0.1) is 0 Å². The van der Waals surface area contributed by atoms with Gasteiger partial charge in [-0.15, -0.1) is 6.61 Å². The second kappa shape index (κ2) is 15.9. The molecular formula is C5H12MgO. The van der Waals surface area contributed by atoms with Gasteiger partial charge >= 0.3 is 33.2 Å². The third-order valence-corrected chi connectivity index (χ3v) is 0.204. The van der Waals surface area contributed by atoms with Gasteiger partial charge in [-0.1, -0.05) is 13.3 Å². The van der Waals surface area contributed by atoms with Crippen molar-refractivity contribution in [1.82, 2.24) is 0 Å². The van der Waals surface area contributed by atoms with Crippen LogP contribution in [0.25, 0.3) is 0 Å². The minimum absolute atomic E-state index is 0.0694. The molecule has 7 heavy (non-hydrogen) atoms. The zero-order valence-electron chi connectivity index (χ0n) is 5.24. The molecule has 40 valence electrons. The van der Waals surface area contributed by atoms with Gasteiger partial charge in [0.1, 0.15) is 0 Å².